The molecule has 0 radical (unpaired) electrons. The van der Waals surface area contributed by atoms with Crippen molar-refractivity contribution >= 4 is 11.4 Å². The van der Waals surface area contributed by atoms with Gasteiger partial charge in [-0.15, -0.1) is 0 Å². The summed E-state index contributed by atoms with van der Waals surface area (Å²) in [7, 11) is 3.44. The van der Waals surface area contributed by atoms with Gasteiger partial charge < -0.3 is 14.6 Å². The number of rotatable bonds is 5. The van der Waals surface area contributed by atoms with Gasteiger partial charge >= 0.3 is 5.69 Å². The normalized spacial score (nSPS) is 10.5. The molecule has 21 heavy (non-hydrogen) atoms. The summed E-state index contributed by atoms with van der Waals surface area (Å²) in [5, 5.41) is 14.2. The molecule has 1 aromatic carbocycles. The Morgan fingerprint density at radius 2 is 2.05 bits per heavy atom. The third-order valence-electron chi connectivity index (χ3n) is 3.74. The molecule has 0 bridgehead atoms. The number of nitrogens with one attached hydrogen (secondary N) is 1. The second kappa shape index (κ2) is 5.87. The highest BCUT2D eigenvalue weighted by Gasteiger charge is 2.15. The molecule has 2 rings (SSSR count). The van der Waals surface area contributed by atoms with E-state index in [2.05, 4.69) is 29.8 Å². The van der Waals surface area contributed by atoms with Gasteiger partial charge in [-0.25, -0.2) is 0 Å². The molecule has 6 nitrogen and oxygen atoms in total. The van der Waals surface area contributed by atoms with Crippen molar-refractivity contribution in [2.45, 2.75) is 20.4 Å². The fourth-order valence-corrected chi connectivity index (χ4v) is 2.25. The Morgan fingerprint density at radius 3 is 2.57 bits per heavy atom. The topological polar surface area (TPSA) is 69.3 Å². The van der Waals surface area contributed by atoms with Crippen LogP contribution in [0.25, 0.3) is 0 Å². The van der Waals surface area contributed by atoms with Crippen molar-refractivity contribution in [3.05, 3.63) is 51.3 Å². The Labute approximate surface area is 123 Å². The molecular weight excluding hydrogens is 270 g/mol. The molecule has 0 aliphatic rings. The Bertz CT molecular complexity index is 677. The van der Waals surface area contributed by atoms with Crippen LogP contribution in [0.15, 0.2) is 24.3 Å². The second-order valence-corrected chi connectivity index (χ2v) is 4.95. The molecule has 2 aromatic rings. The Morgan fingerprint density at radius 1 is 1.33 bits per heavy atom. The van der Waals surface area contributed by atoms with Gasteiger partial charge in [0.25, 0.3) is 0 Å². The fourth-order valence-electron chi connectivity index (χ4n) is 2.25. The minimum Gasteiger partial charge on any atom is -0.490 e. The van der Waals surface area contributed by atoms with E-state index < -0.39 is 4.92 Å². The Hall–Kier alpha value is -2.50. The van der Waals surface area contributed by atoms with E-state index in [9.17, 15) is 10.1 Å². The highest BCUT2D eigenvalue weighted by molar-refractivity contribution is 5.58. The zero-order valence-electron chi connectivity index (χ0n) is 12.6. The van der Waals surface area contributed by atoms with Crippen molar-refractivity contribution in [3.63, 3.8) is 0 Å². The van der Waals surface area contributed by atoms with Gasteiger partial charge in [0.05, 0.1) is 12.0 Å². The van der Waals surface area contributed by atoms with Crippen molar-refractivity contribution in [2.24, 2.45) is 7.05 Å². The van der Waals surface area contributed by atoms with Crippen LogP contribution in [0.3, 0.4) is 0 Å². The first-order chi connectivity index (χ1) is 9.93. The molecule has 1 N–H and O–H groups in total. The van der Waals surface area contributed by atoms with Crippen LogP contribution in [0.4, 0.5) is 11.4 Å². The minimum absolute atomic E-state index is 0.0385. The van der Waals surface area contributed by atoms with Gasteiger partial charge in [-0.05, 0) is 37.6 Å². The summed E-state index contributed by atoms with van der Waals surface area (Å²) in [6.07, 6.45) is 0. The van der Waals surface area contributed by atoms with Crippen LogP contribution < -0.4 is 10.1 Å². The monoisotopic (exact) mass is 289 g/mol. The minimum atomic E-state index is -0.443. The maximum atomic E-state index is 11.0. The van der Waals surface area contributed by atoms with E-state index in [1.165, 1.54) is 30.1 Å². The highest BCUT2D eigenvalue weighted by atomic mass is 16.6. The number of hydrogen-bond donors (Lipinski definition) is 1. The summed E-state index contributed by atoms with van der Waals surface area (Å²) < 4.78 is 7.11. The number of nitrogens with zero attached hydrogens (tertiary/aromatic N) is 2. The first-order valence-electron chi connectivity index (χ1n) is 6.62. The van der Waals surface area contributed by atoms with Gasteiger partial charge in [-0.2, -0.15) is 0 Å². The third-order valence-corrected chi connectivity index (χ3v) is 3.74. The second-order valence-electron chi connectivity index (χ2n) is 4.95. The van der Waals surface area contributed by atoms with Crippen LogP contribution in [0.5, 0.6) is 5.75 Å². The summed E-state index contributed by atoms with van der Waals surface area (Å²) in [5.41, 5.74) is 4.20. The van der Waals surface area contributed by atoms with Crippen LogP contribution >= 0.6 is 0 Å². The molecule has 1 aromatic heterocycles. The van der Waals surface area contributed by atoms with Crippen molar-refractivity contribution < 1.29 is 9.66 Å². The van der Waals surface area contributed by atoms with Crippen LogP contribution in [0.1, 0.15) is 17.0 Å². The molecular formula is C15H19N3O3. The van der Waals surface area contributed by atoms with Gasteiger partial charge in [0.2, 0.25) is 0 Å². The van der Waals surface area contributed by atoms with E-state index in [1.54, 1.807) is 12.1 Å². The summed E-state index contributed by atoms with van der Waals surface area (Å²) in [6.45, 7) is 4.73. The molecule has 0 aliphatic heterocycles. The number of nitro benzene ring substituents is 1. The van der Waals surface area contributed by atoms with Crippen LogP contribution in [0.2, 0.25) is 0 Å². The zero-order valence-corrected chi connectivity index (χ0v) is 12.6. The van der Waals surface area contributed by atoms with E-state index in [0.29, 0.717) is 12.2 Å². The average Bonchev–Trinajstić information content (AvgIpc) is 2.72. The van der Waals surface area contributed by atoms with Crippen LogP contribution in [-0.4, -0.2) is 16.6 Å². The number of ether oxygens (including phenoxy) is 1. The predicted octanol–water partition coefficient (Wildman–Crippen LogP) is 3.17. The van der Waals surface area contributed by atoms with Crippen molar-refractivity contribution in [3.8, 4) is 5.75 Å². The zero-order chi connectivity index (χ0) is 15.6. The van der Waals surface area contributed by atoms with E-state index in [4.69, 9.17) is 4.74 Å². The lowest BCUT2D eigenvalue weighted by molar-refractivity contribution is -0.385. The first-order valence-corrected chi connectivity index (χ1v) is 6.62. The summed E-state index contributed by atoms with van der Waals surface area (Å²) in [4.78, 5) is 10.6. The summed E-state index contributed by atoms with van der Waals surface area (Å²) in [5.74, 6) is 0.261. The number of hydrogen-bond acceptors (Lipinski definition) is 4. The van der Waals surface area contributed by atoms with Crippen molar-refractivity contribution in [1.29, 1.82) is 0 Å². The van der Waals surface area contributed by atoms with E-state index in [0.717, 1.165) is 0 Å². The predicted molar refractivity (Wildman–Crippen MR) is 81.9 cm³/mol. The van der Waals surface area contributed by atoms with Gasteiger partial charge in [-0.3, -0.25) is 10.1 Å². The Kier molecular flexibility index (Phi) is 4.16. The van der Waals surface area contributed by atoms with E-state index >= 15 is 0 Å². The number of anilines is 1. The number of nitro groups is 1. The number of aromatic nitrogens is 1. The average molecular weight is 289 g/mol. The molecule has 6 heteroatoms. The van der Waals surface area contributed by atoms with Gasteiger partial charge in [-0.1, -0.05) is 0 Å². The molecule has 1 heterocycles. The van der Waals surface area contributed by atoms with Gasteiger partial charge in [0.1, 0.15) is 0 Å². The molecule has 0 saturated heterocycles. The SMILES string of the molecule is COc1ccc(NCc2cc(C)n(C)c2C)cc1[N+](=O)[O-]. The molecule has 0 saturated carbocycles. The quantitative estimate of drug-likeness (QED) is 0.678. The number of methoxy groups -OCH3 is 1. The van der Waals surface area contributed by atoms with Crippen molar-refractivity contribution in [2.75, 3.05) is 12.4 Å². The van der Waals surface area contributed by atoms with Gasteiger partial charge in [0.15, 0.2) is 5.75 Å². The maximum Gasteiger partial charge on any atom is 0.312 e. The lowest BCUT2D eigenvalue weighted by Gasteiger charge is -2.08. The van der Waals surface area contributed by atoms with Crippen molar-refractivity contribution in [1.82, 2.24) is 4.57 Å². The van der Waals surface area contributed by atoms with Crippen LogP contribution in [-0.2, 0) is 13.6 Å². The number of benzene rings is 1. The first kappa shape index (κ1) is 14.9. The molecule has 0 unspecified atom stereocenters. The summed E-state index contributed by atoms with van der Waals surface area (Å²) >= 11 is 0. The number of aryl methyl sites for hydroxylation is 1. The summed E-state index contributed by atoms with van der Waals surface area (Å²) in [6, 6.07) is 6.98. The molecule has 112 valence electrons. The van der Waals surface area contributed by atoms with Gasteiger partial charge in [0, 0.05) is 36.7 Å². The molecule has 0 amide bonds. The highest BCUT2D eigenvalue weighted by Crippen LogP contribution is 2.30. The largest absolute Gasteiger partial charge is 0.490 e. The molecule has 0 fully saturated rings. The van der Waals surface area contributed by atoms with Crippen LogP contribution in [0, 0.1) is 24.0 Å². The molecule has 0 atom stereocenters. The molecule has 0 spiro atoms. The molecule has 0 aliphatic carbocycles. The van der Waals surface area contributed by atoms with E-state index in [-0.39, 0.29) is 11.4 Å². The Balaban J connectivity index is 2.18. The fraction of sp³-hybridized carbons (Fsp3) is 0.333. The lowest BCUT2D eigenvalue weighted by atomic mass is 10.2. The lowest BCUT2D eigenvalue weighted by Crippen LogP contribution is -2.02. The maximum absolute atomic E-state index is 11.0. The smallest absolute Gasteiger partial charge is 0.312 e. The third kappa shape index (κ3) is 2.99. The standard InChI is InChI=1S/C15H19N3O3/c1-10-7-12(11(2)17(10)3)9-16-13-5-6-15(21-4)14(8-13)18(19)20/h5-8,16H,9H2,1-4H3. The van der Waals surface area contributed by atoms with E-state index in [1.807, 2.05) is 7.05 Å².